The van der Waals surface area contributed by atoms with E-state index in [1.54, 1.807) is 30.3 Å². The number of anilines is 1. The molecular formula is C22H17Cl2NO4. The van der Waals surface area contributed by atoms with Crippen LogP contribution in [-0.4, -0.2) is 17.8 Å². The summed E-state index contributed by atoms with van der Waals surface area (Å²) < 4.78 is 5.42. The van der Waals surface area contributed by atoms with Crippen LogP contribution in [0.2, 0.25) is 10.0 Å². The summed E-state index contributed by atoms with van der Waals surface area (Å²) in [6.45, 7) is 0. The fraction of sp³-hybridized carbons (Fsp3) is 0.318. The van der Waals surface area contributed by atoms with Crippen molar-refractivity contribution in [3.05, 3.63) is 58.1 Å². The van der Waals surface area contributed by atoms with Crippen LogP contribution in [0.1, 0.15) is 29.6 Å². The number of carbonyl (C=O) groups is 3. The van der Waals surface area contributed by atoms with Crippen LogP contribution in [0.3, 0.4) is 0 Å². The average Bonchev–Trinajstić information content (AvgIpc) is 3.35. The number of carbonyl (C=O) groups excluding carboxylic acids is 3. The number of halogens is 2. The molecule has 2 bridgehead atoms. The molecule has 0 aromatic heterocycles. The van der Waals surface area contributed by atoms with Crippen LogP contribution < -0.4 is 9.64 Å². The zero-order chi connectivity index (χ0) is 20.3. The number of fused-ring (bicyclic) bond motifs is 5. The summed E-state index contributed by atoms with van der Waals surface area (Å²) in [6, 6.07) is 11.0. The third kappa shape index (κ3) is 2.95. The maximum atomic E-state index is 13.0. The highest BCUT2D eigenvalue weighted by molar-refractivity contribution is 6.36. The van der Waals surface area contributed by atoms with Gasteiger partial charge in [0.2, 0.25) is 11.8 Å². The third-order valence-corrected chi connectivity index (χ3v) is 6.91. The second-order valence-corrected chi connectivity index (χ2v) is 8.75. The first-order chi connectivity index (χ1) is 13.9. The number of rotatable bonds is 3. The molecular weight excluding hydrogens is 413 g/mol. The SMILES string of the molecule is O=C(Oc1cccc(N2C(=O)[C@@H]3[C@H]4CC[C@@H](C4)[C@H]3C2=O)c1)c1ccc(Cl)cc1Cl. The van der Waals surface area contributed by atoms with Crippen molar-refractivity contribution in [1.82, 2.24) is 0 Å². The van der Waals surface area contributed by atoms with Crippen molar-refractivity contribution >= 4 is 46.7 Å². The Labute approximate surface area is 177 Å². The first-order valence-corrected chi connectivity index (χ1v) is 10.3. The van der Waals surface area contributed by atoms with Crippen molar-refractivity contribution in [3.63, 3.8) is 0 Å². The van der Waals surface area contributed by atoms with Gasteiger partial charge in [-0.3, -0.25) is 9.59 Å². The van der Waals surface area contributed by atoms with E-state index in [9.17, 15) is 14.4 Å². The molecule has 2 saturated carbocycles. The number of esters is 1. The van der Waals surface area contributed by atoms with Crippen LogP contribution in [-0.2, 0) is 9.59 Å². The molecule has 2 amide bonds. The minimum Gasteiger partial charge on any atom is -0.423 e. The topological polar surface area (TPSA) is 63.7 Å². The van der Waals surface area contributed by atoms with Crippen LogP contribution in [0.25, 0.3) is 0 Å². The van der Waals surface area contributed by atoms with E-state index in [2.05, 4.69) is 0 Å². The van der Waals surface area contributed by atoms with Crippen LogP contribution >= 0.6 is 23.2 Å². The molecule has 0 radical (unpaired) electrons. The number of ether oxygens (including phenoxy) is 1. The van der Waals surface area contributed by atoms with Gasteiger partial charge in [0.25, 0.3) is 0 Å². The van der Waals surface area contributed by atoms with Gasteiger partial charge in [-0.25, -0.2) is 9.69 Å². The van der Waals surface area contributed by atoms with Gasteiger partial charge in [0, 0.05) is 11.1 Å². The van der Waals surface area contributed by atoms with Gasteiger partial charge in [-0.15, -0.1) is 0 Å². The number of imide groups is 1. The maximum absolute atomic E-state index is 13.0. The zero-order valence-corrected chi connectivity index (χ0v) is 16.8. The highest BCUT2D eigenvalue weighted by Crippen LogP contribution is 2.56. The summed E-state index contributed by atoms with van der Waals surface area (Å²) in [7, 11) is 0. The predicted octanol–water partition coefficient (Wildman–Crippen LogP) is 4.75. The lowest BCUT2D eigenvalue weighted by molar-refractivity contribution is -0.123. The molecule has 3 aliphatic rings. The standard InChI is InChI=1S/C22H17Cl2NO4/c23-13-6-7-16(17(24)9-13)22(28)29-15-3-1-2-14(10-15)25-20(26)18-11-4-5-12(8-11)19(18)21(25)27/h1-3,6-7,9-12,18-19H,4-5,8H2/t11-,12-,18+,19+/m0/s1. The summed E-state index contributed by atoms with van der Waals surface area (Å²) in [5, 5.41) is 0.603. The largest absolute Gasteiger partial charge is 0.423 e. The van der Waals surface area contributed by atoms with E-state index >= 15 is 0 Å². The lowest BCUT2D eigenvalue weighted by atomic mass is 9.81. The Kier molecular flexibility index (Phi) is 4.41. The first kappa shape index (κ1) is 18.6. The second kappa shape index (κ2) is 6.85. The summed E-state index contributed by atoms with van der Waals surface area (Å²) >= 11 is 11.9. The molecule has 0 spiro atoms. The quantitative estimate of drug-likeness (QED) is 0.401. The number of nitrogens with zero attached hydrogens (tertiary/aromatic N) is 1. The Morgan fingerprint density at radius 1 is 0.966 bits per heavy atom. The maximum Gasteiger partial charge on any atom is 0.345 e. The highest BCUT2D eigenvalue weighted by Gasteiger charge is 2.61. The van der Waals surface area contributed by atoms with E-state index in [0.29, 0.717) is 22.5 Å². The van der Waals surface area contributed by atoms with Crippen molar-refractivity contribution in [2.45, 2.75) is 19.3 Å². The van der Waals surface area contributed by atoms with E-state index in [4.69, 9.17) is 27.9 Å². The second-order valence-electron chi connectivity index (χ2n) is 7.91. The van der Waals surface area contributed by atoms with Gasteiger partial charge >= 0.3 is 5.97 Å². The lowest BCUT2D eigenvalue weighted by Crippen LogP contribution is -2.32. The molecule has 2 aromatic rings. The summed E-state index contributed by atoms with van der Waals surface area (Å²) in [6.07, 6.45) is 3.04. The Balaban J connectivity index is 1.40. The van der Waals surface area contributed by atoms with Crippen molar-refractivity contribution in [2.24, 2.45) is 23.7 Å². The summed E-state index contributed by atoms with van der Waals surface area (Å²) in [5.74, 6) is -0.413. The monoisotopic (exact) mass is 429 g/mol. The average molecular weight is 430 g/mol. The Morgan fingerprint density at radius 2 is 1.66 bits per heavy atom. The fourth-order valence-corrected chi connectivity index (χ4v) is 5.65. The van der Waals surface area contributed by atoms with Crippen molar-refractivity contribution in [3.8, 4) is 5.75 Å². The normalized spacial score (nSPS) is 27.4. The van der Waals surface area contributed by atoms with Crippen molar-refractivity contribution in [2.75, 3.05) is 4.90 Å². The molecule has 1 heterocycles. The summed E-state index contributed by atoms with van der Waals surface area (Å²) in [5.41, 5.74) is 0.613. The van der Waals surface area contributed by atoms with Crippen LogP contribution in [0.5, 0.6) is 5.75 Å². The van der Waals surface area contributed by atoms with Crippen molar-refractivity contribution < 1.29 is 19.1 Å². The molecule has 3 fully saturated rings. The molecule has 1 saturated heterocycles. The Morgan fingerprint density at radius 3 is 2.31 bits per heavy atom. The van der Waals surface area contributed by atoms with Gasteiger partial charge in [0.05, 0.1) is 28.1 Å². The van der Waals surface area contributed by atoms with E-state index < -0.39 is 5.97 Å². The molecule has 5 rings (SSSR count). The number of hydrogen-bond donors (Lipinski definition) is 0. The van der Waals surface area contributed by atoms with E-state index in [1.807, 2.05) is 0 Å². The molecule has 7 heteroatoms. The Hall–Kier alpha value is -2.37. The number of hydrogen-bond acceptors (Lipinski definition) is 4. The van der Waals surface area contributed by atoms with Gasteiger partial charge in [0.15, 0.2) is 0 Å². The van der Waals surface area contributed by atoms with Gasteiger partial charge < -0.3 is 4.74 Å². The molecule has 29 heavy (non-hydrogen) atoms. The molecule has 0 unspecified atom stereocenters. The molecule has 5 nitrogen and oxygen atoms in total. The van der Waals surface area contributed by atoms with Gasteiger partial charge in [-0.2, -0.15) is 0 Å². The minimum atomic E-state index is -0.641. The van der Waals surface area contributed by atoms with Crippen LogP contribution in [0.15, 0.2) is 42.5 Å². The first-order valence-electron chi connectivity index (χ1n) is 9.59. The predicted molar refractivity (Wildman–Crippen MR) is 108 cm³/mol. The van der Waals surface area contributed by atoms with Gasteiger partial charge in [-0.05, 0) is 61.4 Å². The smallest absolute Gasteiger partial charge is 0.345 e. The molecule has 2 aliphatic carbocycles. The van der Waals surface area contributed by atoms with Crippen molar-refractivity contribution in [1.29, 1.82) is 0 Å². The summed E-state index contributed by atoms with van der Waals surface area (Å²) in [4.78, 5) is 39.7. The van der Waals surface area contributed by atoms with Crippen LogP contribution in [0, 0.1) is 23.7 Å². The lowest BCUT2D eigenvalue weighted by Gasteiger charge is -2.19. The molecule has 1 aliphatic heterocycles. The van der Waals surface area contributed by atoms with Gasteiger partial charge in [-0.1, -0.05) is 29.3 Å². The minimum absolute atomic E-state index is 0.128. The third-order valence-electron chi connectivity index (χ3n) is 6.36. The van der Waals surface area contributed by atoms with E-state index in [1.165, 1.54) is 17.0 Å². The van der Waals surface area contributed by atoms with Gasteiger partial charge in [0.1, 0.15) is 5.75 Å². The number of amides is 2. The molecule has 2 aromatic carbocycles. The highest BCUT2D eigenvalue weighted by atomic mass is 35.5. The fourth-order valence-electron chi connectivity index (χ4n) is 5.17. The van der Waals surface area contributed by atoms with E-state index in [0.717, 1.165) is 19.3 Å². The molecule has 4 atom stereocenters. The zero-order valence-electron chi connectivity index (χ0n) is 15.3. The number of benzene rings is 2. The molecule has 0 N–H and O–H groups in total. The molecule has 148 valence electrons. The Bertz CT molecular complexity index is 1020. The van der Waals surface area contributed by atoms with E-state index in [-0.39, 0.29) is 40.0 Å². The van der Waals surface area contributed by atoms with Crippen LogP contribution in [0.4, 0.5) is 5.69 Å².